The maximum absolute atomic E-state index is 7.50. The summed E-state index contributed by atoms with van der Waals surface area (Å²) in [5.41, 5.74) is 1.20. The normalized spacial score (nSPS) is 9.30. The third kappa shape index (κ3) is 17.1. The molecule has 0 aliphatic rings. The molecule has 4 nitrogen and oxygen atoms in total. The minimum Gasteiger partial charge on any atom is 0 e. The molecule has 0 spiro atoms. The first-order valence-corrected chi connectivity index (χ1v) is 6.36. The van der Waals surface area contributed by atoms with Gasteiger partial charge in [0.2, 0.25) is 0 Å². The second-order valence-corrected chi connectivity index (χ2v) is 3.68. The van der Waals surface area contributed by atoms with Gasteiger partial charge in [-0.25, -0.2) is 0 Å². The first kappa shape index (κ1) is 29.9. The Morgan fingerprint density at radius 2 is 1.57 bits per heavy atom. The molecular weight excluding hydrogens is 336 g/mol. The first-order valence-electron chi connectivity index (χ1n) is 6.36. The number of benzene rings is 1. The van der Waals surface area contributed by atoms with Crippen LogP contribution in [0.15, 0.2) is 30.3 Å². The standard InChI is InChI=1S/C15H20O.3CO.Fe/c1-4-13(3)11-12-15(16-5-2)14-9-7-6-8-10-14;3*1-2;/h4,6-12,15H,5H2,1-3H3;;;;. The Bertz CT molecular complexity index is 373. The van der Waals surface area contributed by atoms with Gasteiger partial charge in [0.1, 0.15) is 0 Å². The SMILES string of the molecule is C[CH][C](C)[CH][CH]C(OCC)c1ccccc1.[C-]#[O+].[C-]#[O+].[C-]#[O+].[Fe]. The molecule has 0 aliphatic carbocycles. The van der Waals surface area contributed by atoms with E-state index in [4.69, 9.17) is 18.7 Å². The van der Waals surface area contributed by atoms with Crippen molar-refractivity contribution in [3.8, 4) is 0 Å². The zero-order valence-corrected chi connectivity index (χ0v) is 14.5. The first-order chi connectivity index (χ1) is 10.8. The summed E-state index contributed by atoms with van der Waals surface area (Å²) in [6.07, 6.45) is 6.35. The van der Waals surface area contributed by atoms with E-state index in [-0.39, 0.29) is 23.2 Å². The quantitative estimate of drug-likeness (QED) is 0.415. The van der Waals surface area contributed by atoms with E-state index in [9.17, 15) is 0 Å². The van der Waals surface area contributed by atoms with Crippen LogP contribution in [0.2, 0.25) is 0 Å². The summed E-state index contributed by atoms with van der Waals surface area (Å²) in [6, 6.07) is 10.3. The van der Waals surface area contributed by atoms with Crippen LogP contribution in [0.25, 0.3) is 0 Å². The molecule has 0 aromatic heterocycles. The molecule has 4 radical (unpaired) electrons. The molecule has 0 fully saturated rings. The summed E-state index contributed by atoms with van der Waals surface area (Å²) >= 11 is 0. The molecule has 0 heterocycles. The van der Waals surface area contributed by atoms with Gasteiger partial charge >= 0.3 is 33.9 Å². The van der Waals surface area contributed by atoms with Crippen LogP contribution < -0.4 is 0 Å². The van der Waals surface area contributed by atoms with Gasteiger partial charge in [0.25, 0.3) is 0 Å². The largest absolute Gasteiger partial charge is 0 e. The maximum Gasteiger partial charge on any atom is 0 e. The average molecular weight is 356 g/mol. The third-order valence-corrected chi connectivity index (χ3v) is 2.46. The smallest absolute Gasteiger partial charge is 0 e. The van der Waals surface area contributed by atoms with E-state index in [2.05, 4.69) is 58.3 Å². The number of ether oxygens (including phenoxy) is 1. The zero-order valence-electron chi connectivity index (χ0n) is 13.4. The van der Waals surface area contributed by atoms with Crippen molar-refractivity contribution in [1.82, 2.24) is 0 Å². The molecule has 0 amide bonds. The van der Waals surface area contributed by atoms with E-state index >= 15 is 0 Å². The van der Waals surface area contributed by atoms with E-state index in [1.54, 1.807) is 0 Å². The van der Waals surface area contributed by atoms with Gasteiger partial charge in [-0.05, 0) is 37.7 Å². The topological polar surface area (TPSA) is 68.9 Å². The van der Waals surface area contributed by atoms with Gasteiger partial charge in [0.15, 0.2) is 0 Å². The van der Waals surface area contributed by atoms with Crippen molar-refractivity contribution in [3.63, 3.8) is 0 Å². The van der Waals surface area contributed by atoms with Gasteiger partial charge < -0.3 is 4.74 Å². The Morgan fingerprint density at radius 3 is 1.96 bits per heavy atom. The molecule has 1 unspecified atom stereocenters. The summed E-state index contributed by atoms with van der Waals surface area (Å²) in [7, 11) is 0. The van der Waals surface area contributed by atoms with Crippen LogP contribution in [-0.2, 0) is 35.8 Å². The molecular formula is C18H20FeO4. The van der Waals surface area contributed by atoms with Gasteiger partial charge in [-0.1, -0.05) is 44.2 Å². The van der Waals surface area contributed by atoms with Gasteiger partial charge in [0.05, 0.1) is 6.10 Å². The number of hydrogen-bond donors (Lipinski definition) is 0. The molecule has 0 saturated heterocycles. The molecule has 23 heavy (non-hydrogen) atoms. The molecule has 1 aromatic rings. The Kier molecular flexibility index (Phi) is 33.6. The minimum atomic E-state index is 0. The van der Waals surface area contributed by atoms with Crippen molar-refractivity contribution < 1.29 is 35.8 Å². The molecule has 1 rings (SSSR count). The monoisotopic (exact) mass is 356 g/mol. The fourth-order valence-electron chi connectivity index (χ4n) is 1.42. The molecule has 0 aliphatic heterocycles. The van der Waals surface area contributed by atoms with Crippen LogP contribution in [-0.4, -0.2) is 6.61 Å². The van der Waals surface area contributed by atoms with Crippen molar-refractivity contribution in [3.05, 3.63) is 81.0 Å². The Hall–Kier alpha value is -1.08. The molecule has 5 heteroatoms. The van der Waals surface area contributed by atoms with Crippen molar-refractivity contribution in [2.75, 3.05) is 6.61 Å². The van der Waals surface area contributed by atoms with Gasteiger partial charge in [-0.2, -0.15) is 0 Å². The predicted molar refractivity (Wildman–Crippen MR) is 80.1 cm³/mol. The van der Waals surface area contributed by atoms with E-state index < -0.39 is 0 Å². The molecule has 1 atom stereocenters. The Morgan fingerprint density at radius 1 is 1.09 bits per heavy atom. The van der Waals surface area contributed by atoms with E-state index in [1.165, 1.54) is 11.5 Å². The Labute approximate surface area is 150 Å². The molecule has 0 saturated carbocycles. The van der Waals surface area contributed by atoms with E-state index in [0.29, 0.717) is 0 Å². The summed E-state index contributed by atoms with van der Waals surface area (Å²) in [6.45, 7) is 20.4. The molecule has 124 valence electrons. The van der Waals surface area contributed by atoms with Crippen molar-refractivity contribution in [1.29, 1.82) is 0 Å². The fourth-order valence-corrected chi connectivity index (χ4v) is 1.42. The van der Waals surface area contributed by atoms with Crippen LogP contribution in [0, 0.1) is 45.1 Å². The average Bonchev–Trinajstić information content (AvgIpc) is 2.64. The van der Waals surface area contributed by atoms with E-state index in [0.717, 1.165) is 6.61 Å². The predicted octanol–water partition coefficient (Wildman–Crippen LogP) is 3.88. The van der Waals surface area contributed by atoms with Gasteiger partial charge in [0, 0.05) is 23.7 Å². The number of rotatable bonds is 7. The number of hydrogen-bond acceptors (Lipinski definition) is 1. The maximum atomic E-state index is 7.50. The van der Waals surface area contributed by atoms with Crippen LogP contribution in [0.1, 0.15) is 32.4 Å². The van der Waals surface area contributed by atoms with E-state index in [1.807, 2.05) is 32.0 Å². The van der Waals surface area contributed by atoms with Gasteiger partial charge in [-0.3, -0.25) is 0 Å². The second kappa shape index (κ2) is 25.8. The van der Waals surface area contributed by atoms with Crippen LogP contribution in [0.4, 0.5) is 0 Å². The van der Waals surface area contributed by atoms with Crippen molar-refractivity contribution in [2.24, 2.45) is 0 Å². The molecule has 0 bridgehead atoms. The van der Waals surface area contributed by atoms with Crippen LogP contribution in [0.3, 0.4) is 0 Å². The summed E-state index contributed by atoms with van der Waals surface area (Å²) in [5, 5.41) is 0. The van der Waals surface area contributed by atoms with Crippen LogP contribution >= 0.6 is 0 Å². The van der Waals surface area contributed by atoms with Gasteiger partial charge in [-0.15, -0.1) is 0 Å². The summed E-state index contributed by atoms with van der Waals surface area (Å²) in [4.78, 5) is 0. The molecule has 1 aromatic carbocycles. The summed E-state index contributed by atoms with van der Waals surface area (Å²) in [5.74, 6) is 1.25. The second-order valence-electron chi connectivity index (χ2n) is 3.68. The molecule has 0 N–H and O–H groups in total. The van der Waals surface area contributed by atoms with Crippen molar-refractivity contribution in [2.45, 2.75) is 26.9 Å². The fraction of sp³-hybridized carbons (Fsp3) is 0.278. The third-order valence-electron chi connectivity index (χ3n) is 2.46. The zero-order chi connectivity index (χ0) is 17.8. The van der Waals surface area contributed by atoms with Crippen molar-refractivity contribution >= 4 is 0 Å². The minimum absolute atomic E-state index is 0. The Balaban J connectivity index is -0.000000231. The van der Waals surface area contributed by atoms with Crippen LogP contribution in [0.5, 0.6) is 0 Å². The summed E-state index contributed by atoms with van der Waals surface area (Å²) < 4.78 is 28.2.